The number of hydrogen-bond donors (Lipinski definition) is 1. The molecule has 1 aliphatic rings. The third-order valence-electron chi connectivity index (χ3n) is 5.86. The number of carbonyl (C=O) groups is 1. The van der Waals surface area contributed by atoms with Crippen LogP contribution >= 0.6 is 23.2 Å². The van der Waals surface area contributed by atoms with Crippen LogP contribution in [0.25, 0.3) is 10.9 Å². The average Bonchev–Trinajstić information content (AvgIpc) is 3.32. The fourth-order valence-corrected chi connectivity index (χ4v) is 4.97. The van der Waals surface area contributed by atoms with Gasteiger partial charge < -0.3 is 14.6 Å². The topological polar surface area (TPSA) is 45.3 Å². The Kier molecular flexibility index (Phi) is 6.37. The fourth-order valence-electron chi connectivity index (χ4n) is 4.26. The van der Waals surface area contributed by atoms with Gasteiger partial charge in [0.2, 0.25) is 0 Å². The minimum Gasteiger partial charge on any atom is -0.454 e. The highest BCUT2D eigenvalue weighted by Gasteiger charge is 2.23. The van der Waals surface area contributed by atoms with E-state index in [1.165, 1.54) is 31.5 Å². The van der Waals surface area contributed by atoms with Gasteiger partial charge in [-0.3, -0.25) is 0 Å². The van der Waals surface area contributed by atoms with E-state index in [1.807, 2.05) is 13.0 Å². The number of carbonyl (C=O) groups excluding carboxylic acids is 1. The standard InChI is InChI=1S/C24H26Cl2N2O2/c1-15-22(24(29)30-16(2)23-19(25)6-5-7-20(23)26)18-14-17(8-9-21(18)27-15)10-13-28-11-3-4-12-28/h5-9,14,16,27H,3-4,10-13H2,1-2H3. The number of fused-ring (bicyclic) bond motifs is 1. The van der Waals surface area contributed by atoms with Gasteiger partial charge in [0.05, 0.1) is 5.56 Å². The van der Waals surface area contributed by atoms with E-state index in [0.29, 0.717) is 21.2 Å². The molecule has 0 radical (unpaired) electrons. The molecule has 1 fully saturated rings. The van der Waals surface area contributed by atoms with Crippen LogP contribution < -0.4 is 0 Å². The van der Waals surface area contributed by atoms with E-state index in [-0.39, 0.29) is 5.97 Å². The number of aromatic amines is 1. The Morgan fingerprint density at radius 3 is 2.57 bits per heavy atom. The van der Waals surface area contributed by atoms with E-state index in [0.717, 1.165) is 29.6 Å². The van der Waals surface area contributed by atoms with Gasteiger partial charge in [0.25, 0.3) is 0 Å². The third kappa shape index (κ3) is 4.36. The highest BCUT2D eigenvalue weighted by atomic mass is 35.5. The van der Waals surface area contributed by atoms with Crippen molar-refractivity contribution in [3.05, 3.63) is 68.8 Å². The molecule has 4 rings (SSSR count). The normalized spacial score (nSPS) is 15.6. The molecule has 0 amide bonds. The lowest BCUT2D eigenvalue weighted by Gasteiger charge is -2.17. The molecule has 1 N–H and O–H groups in total. The van der Waals surface area contributed by atoms with Crippen LogP contribution in [0.2, 0.25) is 10.0 Å². The summed E-state index contributed by atoms with van der Waals surface area (Å²) in [5.74, 6) is -0.376. The predicted molar refractivity (Wildman–Crippen MR) is 123 cm³/mol. The second kappa shape index (κ2) is 9.01. The van der Waals surface area contributed by atoms with E-state index >= 15 is 0 Å². The average molecular weight is 445 g/mol. The molecule has 2 heterocycles. The first-order chi connectivity index (χ1) is 14.4. The van der Waals surface area contributed by atoms with E-state index in [9.17, 15) is 4.79 Å². The molecule has 0 spiro atoms. The van der Waals surface area contributed by atoms with Crippen LogP contribution in [0.5, 0.6) is 0 Å². The predicted octanol–water partition coefficient (Wildman–Crippen LogP) is 6.34. The number of H-pyrrole nitrogens is 1. The Hall–Kier alpha value is -2.01. The van der Waals surface area contributed by atoms with Crippen LogP contribution in [-0.4, -0.2) is 35.5 Å². The second-order valence-electron chi connectivity index (χ2n) is 7.99. The summed E-state index contributed by atoms with van der Waals surface area (Å²) in [6, 6.07) is 11.6. The van der Waals surface area contributed by atoms with Crippen LogP contribution in [0.3, 0.4) is 0 Å². The summed E-state index contributed by atoms with van der Waals surface area (Å²) in [6.45, 7) is 7.11. The quantitative estimate of drug-likeness (QED) is 0.451. The van der Waals surface area contributed by atoms with Crippen LogP contribution in [-0.2, 0) is 11.2 Å². The summed E-state index contributed by atoms with van der Waals surface area (Å²) < 4.78 is 5.78. The van der Waals surface area contributed by atoms with Crippen molar-refractivity contribution in [2.45, 2.75) is 39.2 Å². The lowest BCUT2D eigenvalue weighted by Crippen LogP contribution is -2.21. The zero-order chi connectivity index (χ0) is 21.3. The van der Waals surface area contributed by atoms with Gasteiger partial charge in [0.1, 0.15) is 6.10 Å². The SMILES string of the molecule is Cc1[nH]c2ccc(CCN3CCCC3)cc2c1C(=O)OC(C)c1c(Cl)cccc1Cl. The smallest absolute Gasteiger partial charge is 0.341 e. The summed E-state index contributed by atoms with van der Waals surface area (Å²) in [5, 5.41) is 1.87. The van der Waals surface area contributed by atoms with Crippen molar-refractivity contribution in [2.75, 3.05) is 19.6 Å². The highest BCUT2D eigenvalue weighted by Crippen LogP contribution is 2.33. The molecule has 158 valence electrons. The number of nitrogens with one attached hydrogen (secondary N) is 1. The molecule has 1 unspecified atom stereocenters. The Bertz CT molecular complexity index is 1050. The number of ether oxygens (including phenoxy) is 1. The fraction of sp³-hybridized carbons (Fsp3) is 0.375. The minimum atomic E-state index is -0.554. The second-order valence-corrected chi connectivity index (χ2v) is 8.80. The van der Waals surface area contributed by atoms with Crippen molar-refractivity contribution in [3.63, 3.8) is 0 Å². The van der Waals surface area contributed by atoms with E-state index in [2.05, 4.69) is 22.0 Å². The molecule has 0 aliphatic carbocycles. The lowest BCUT2D eigenvalue weighted by atomic mass is 10.1. The Balaban J connectivity index is 1.56. The molecular formula is C24H26Cl2N2O2. The van der Waals surface area contributed by atoms with Crippen molar-refractivity contribution in [1.82, 2.24) is 9.88 Å². The molecule has 6 heteroatoms. The van der Waals surface area contributed by atoms with Crippen LogP contribution in [0.15, 0.2) is 36.4 Å². The monoisotopic (exact) mass is 444 g/mol. The molecular weight excluding hydrogens is 419 g/mol. The zero-order valence-corrected chi connectivity index (χ0v) is 18.8. The molecule has 1 atom stereocenters. The highest BCUT2D eigenvalue weighted by molar-refractivity contribution is 6.36. The van der Waals surface area contributed by atoms with Crippen molar-refractivity contribution in [2.24, 2.45) is 0 Å². The summed E-state index contributed by atoms with van der Waals surface area (Å²) in [6.07, 6.45) is 3.00. The van der Waals surface area contributed by atoms with E-state index in [4.69, 9.17) is 27.9 Å². The van der Waals surface area contributed by atoms with Crippen LogP contribution in [0.1, 0.15) is 53.0 Å². The van der Waals surface area contributed by atoms with Gasteiger partial charge in [-0.1, -0.05) is 35.3 Å². The van der Waals surface area contributed by atoms with Crippen molar-refractivity contribution >= 4 is 40.1 Å². The van der Waals surface area contributed by atoms with Crippen molar-refractivity contribution in [1.29, 1.82) is 0 Å². The first-order valence-corrected chi connectivity index (χ1v) is 11.2. The molecule has 30 heavy (non-hydrogen) atoms. The summed E-state index contributed by atoms with van der Waals surface area (Å²) >= 11 is 12.6. The van der Waals surface area contributed by atoms with Gasteiger partial charge in [0.15, 0.2) is 0 Å². The third-order valence-corrected chi connectivity index (χ3v) is 6.52. The Morgan fingerprint density at radius 1 is 1.17 bits per heavy atom. The van der Waals surface area contributed by atoms with E-state index < -0.39 is 6.10 Å². The van der Waals surface area contributed by atoms with Crippen molar-refractivity contribution < 1.29 is 9.53 Å². The van der Waals surface area contributed by atoms with Crippen LogP contribution in [0, 0.1) is 6.92 Å². The number of likely N-dealkylation sites (tertiary alicyclic amines) is 1. The zero-order valence-electron chi connectivity index (χ0n) is 17.3. The molecule has 1 aromatic heterocycles. The summed E-state index contributed by atoms with van der Waals surface area (Å²) in [7, 11) is 0. The summed E-state index contributed by atoms with van der Waals surface area (Å²) in [4.78, 5) is 18.9. The Morgan fingerprint density at radius 2 is 1.87 bits per heavy atom. The lowest BCUT2D eigenvalue weighted by molar-refractivity contribution is 0.0340. The molecule has 3 aromatic rings. The maximum atomic E-state index is 13.1. The summed E-state index contributed by atoms with van der Waals surface area (Å²) in [5.41, 5.74) is 4.16. The van der Waals surface area contributed by atoms with Crippen molar-refractivity contribution in [3.8, 4) is 0 Å². The number of benzene rings is 2. The molecule has 0 bridgehead atoms. The number of aryl methyl sites for hydroxylation is 1. The number of halogens is 2. The van der Waals surface area contributed by atoms with Gasteiger partial charge in [-0.05, 0) is 76.0 Å². The van der Waals surface area contributed by atoms with Gasteiger partial charge in [0, 0.05) is 38.8 Å². The maximum Gasteiger partial charge on any atom is 0.341 e. The minimum absolute atomic E-state index is 0.376. The number of nitrogens with zero attached hydrogens (tertiary/aromatic N) is 1. The first kappa shape index (κ1) is 21.2. The molecule has 2 aromatic carbocycles. The van der Waals surface area contributed by atoms with E-state index in [1.54, 1.807) is 25.1 Å². The molecule has 1 saturated heterocycles. The molecule has 0 saturated carbocycles. The van der Waals surface area contributed by atoms with Crippen LogP contribution in [0.4, 0.5) is 0 Å². The molecule has 4 nitrogen and oxygen atoms in total. The van der Waals surface area contributed by atoms with Gasteiger partial charge in [-0.2, -0.15) is 0 Å². The van der Waals surface area contributed by atoms with Gasteiger partial charge >= 0.3 is 5.97 Å². The number of esters is 1. The number of hydrogen-bond acceptors (Lipinski definition) is 3. The number of aromatic nitrogens is 1. The first-order valence-electron chi connectivity index (χ1n) is 10.4. The Labute approximate surface area is 187 Å². The van der Waals surface area contributed by atoms with Gasteiger partial charge in [-0.25, -0.2) is 4.79 Å². The largest absolute Gasteiger partial charge is 0.454 e. The van der Waals surface area contributed by atoms with Gasteiger partial charge in [-0.15, -0.1) is 0 Å². The maximum absolute atomic E-state index is 13.1. The molecule has 1 aliphatic heterocycles. The number of rotatable bonds is 6.